The van der Waals surface area contributed by atoms with Gasteiger partial charge in [0.05, 0.1) is 6.04 Å². The van der Waals surface area contributed by atoms with E-state index in [0.29, 0.717) is 6.04 Å². The van der Waals surface area contributed by atoms with E-state index >= 15 is 0 Å². The van der Waals surface area contributed by atoms with Gasteiger partial charge in [-0.15, -0.1) is 0 Å². The molecule has 0 amide bonds. The fourth-order valence-corrected chi connectivity index (χ4v) is 5.73. The third-order valence-corrected chi connectivity index (χ3v) is 7.61. The summed E-state index contributed by atoms with van der Waals surface area (Å²) in [4.78, 5) is 7.76. The lowest BCUT2D eigenvalue weighted by molar-refractivity contribution is 0.104. The number of nitrogens with zero attached hydrogens (tertiary/aromatic N) is 3. The van der Waals surface area contributed by atoms with Crippen molar-refractivity contribution >= 4 is 5.69 Å². The Bertz CT molecular complexity index is 999. The average molecular weight is 440 g/mol. The summed E-state index contributed by atoms with van der Waals surface area (Å²) in [5.74, 6) is 0. The minimum absolute atomic E-state index is 0.385. The summed E-state index contributed by atoms with van der Waals surface area (Å²) in [6, 6.07) is 27.9. The molecule has 0 spiro atoms. The summed E-state index contributed by atoms with van der Waals surface area (Å²) < 4.78 is 0. The first-order valence-corrected chi connectivity index (χ1v) is 12.7. The smallest absolute Gasteiger partial charge is 0.0608 e. The van der Waals surface area contributed by atoms with Gasteiger partial charge in [0.2, 0.25) is 0 Å². The maximum atomic E-state index is 2.73. The molecule has 3 aromatic carbocycles. The van der Waals surface area contributed by atoms with Crippen molar-refractivity contribution < 1.29 is 0 Å². The number of rotatable bonds is 6. The molecule has 0 saturated carbocycles. The van der Waals surface area contributed by atoms with Crippen LogP contribution in [0.2, 0.25) is 0 Å². The van der Waals surface area contributed by atoms with Gasteiger partial charge in [0, 0.05) is 51.5 Å². The zero-order valence-corrected chi connectivity index (χ0v) is 20.2. The van der Waals surface area contributed by atoms with Gasteiger partial charge in [0.15, 0.2) is 0 Å². The van der Waals surface area contributed by atoms with E-state index in [1.165, 1.54) is 33.5 Å². The second-order valence-corrected chi connectivity index (χ2v) is 9.45. The standard InChI is InChI=1S/C30H37N3/c1-3-32(4-2)27-17-13-24(14-18-27)23-31-19-21-33(22-20-31)30-28-11-7-5-9-25(28)15-16-26-10-6-8-12-29(26)30/h5-14,17-18,30H,3-4,15-16,19-23H2,1-2H3. The molecule has 0 atom stereocenters. The first-order valence-electron chi connectivity index (χ1n) is 12.7. The van der Waals surface area contributed by atoms with Crippen LogP contribution < -0.4 is 4.90 Å². The number of fused-ring (bicyclic) bond motifs is 2. The van der Waals surface area contributed by atoms with E-state index in [1.54, 1.807) is 0 Å². The van der Waals surface area contributed by atoms with Crippen LogP contribution in [-0.2, 0) is 19.4 Å². The molecule has 0 bridgehead atoms. The van der Waals surface area contributed by atoms with Gasteiger partial charge in [-0.25, -0.2) is 0 Å². The fraction of sp³-hybridized carbons (Fsp3) is 0.400. The van der Waals surface area contributed by atoms with Gasteiger partial charge in [-0.2, -0.15) is 0 Å². The zero-order valence-electron chi connectivity index (χ0n) is 20.2. The van der Waals surface area contributed by atoms with Crippen molar-refractivity contribution in [2.75, 3.05) is 44.2 Å². The molecule has 3 nitrogen and oxygen atoms in total. The molecule has 0 unspecified atom stereocenters. The number of piperazine rings is 1. The van der Waals surface area contributed by atoms with E-state index in [-0.39, 0.29) is 0 Å². The van der Waals surface area contributed by atoms with E-state index in [2.05, 4.69) is 101 Å². The molecular weight excluding hydrogens is 402 g/mol. The highest BCUT2D eigenvalue weighted by atomic mass is 15.3. The van der Waals surface area contributed by atoms with Crippen LogP contribution in [0, 0.1) is 0 Å². The first-order chi connectivity index (χ1) is 16.3. The summed E-state index contributed by atoms with van der Waals surface area (Å²) in [5, 5.41) is 0. The Hall–Kier alpha value is -2.62. The Morgan fingerprint density at radius 1 is 0.697 bits per heavy atom. The largest absolute Gasteiger partial charge is 0.372 e. The first kappa shape index (κ1) is 22.2. The molecular formula is C30H37N3. The number of aryl methyl sites for hydroxylation is 2. The average Bonchev–Trinajstić information content (AvgIpc) is 3.03. The van der Waals surface area contributed by atoms with Gasteiger partial charge in [-0.05, 0) is 66.6 Å². The third-order valence-electron chi connectivity index (χ3n) is 7.61. The lowest BCUT2D eigenvalue weighted by Crippen LogP contribution is -2.47. The highest BCUT2D eigenvalue weighted by molar-refractivity contribution is 5.47. The van der Waals surface area contributed by atoms with Gasteiger partial charge in [-0.1, -0.05) is 60.7 Å². The van der Waals surface area contributed by atoms with Crippen LogP contribution in [0.4, 0.5) is 5.69 Å². The van der Waals surface area contributed by atoms with Crippen LogP contribution >= 0.6 is 0 Å². The van der Waals surface area contributed by atoms with Crippen LogP contribution in [0.25, 0.3) is 0 Å². The Morgan fingerprint density at radius 3 is 1.79 bits per heavy atom. The topological polar surface area (TPSA) is 9.72 Å². The van der Waals surface area contributed by atoms with Crippen molar-refractivity contribution in [3.05, 3.63) is 101 Å². The number of hydrogen-bond donors (Lipinski definition) is 0. The Balaban J connectivity index is 1.29. The van der Waals surface area contributed by atoms with Gasteiger partial charge in [0.1, 0.15) is 0 Å². The molecule has 0 radical (unpaired) electrons. The molecule has 1 fully saturated rings. The quantitative estimate of drug-likeness (QED) is 0.499. The molecule has 1 aliphatic carbocycles. The molecule has 2 aliphatic rings. The van der Waals surface area contributed by atoms with Crippen LogP contribution in [0.5, 0.6) is 0 Å². The van der Waals surface area contributed by atoms with E-state index in [4.69, 9.17) is 0 Å². The van der Waals surface area contributed by atoms with Crippen molar-refractivity contribution in [3.63, 3.8) is 0 Å². The van der Waals surface area contributed by atoms with Gasteiger partial charge < -0.3 is 4.90 Å². The molecule has 0 N–H and O–H groups in total. The minimum atomic E-state index is 0.385. The summed E-state index contributed by atoms with van der Waals surface area (Å²) >= 11 is 0. The molecule has 172 valence electrons. The van der Waals surface area contributed by atoms with E-state index in [1.807, 2.05) is 0 Å². The third kappa shape index (κ3) is 4.71. The summed E-state index contributed by atoms with van der Waals surface area (Å²) in [6.45, 7) is 12.1. The summed E-state index contributed by atoms with van der Waals surface area (Å²) in [6.07, 6.45) is 2.29. The summed E-state index contributed by atoms with van der Waals surface area (Å²) in [5.41, 5.74) is 8.83. The van der Waals surface area contributed by atoms with Crippen LogP contribution in [0.3, 0.4) is 0 Å². The highest BCUT2D eigenvalue weighted by Gasteiger charge is 2.30. The van der Waals surface area contributed by atoms with Crippen LogP contribution in [0.1, 0.15) is 47.7 Å². The van der Waals surface area contributed by atoms with Gasteiger partial charge in [-0.3, -0.25) is 9.80 Å². The van der Waals surface area contributed by atoms with Crippen molar-refractivity contribution in [2.45, 2.75) is 39.3 Å². The minimum Gasteiger partial charge on any atom is -0.372 e. The molecule has 3 aromatic rings. The predicted octanol–water partition coefficient (Wildman–Crippen LogP) is 5.54. The lowest BCUT2D eigenvalue weighted by atomic mass is 9.92. The molecule has 1 saturated heterocycles. The van der Waals surface area contributed by atoms with Crippen molar-refractivity contribution in [3.8, 4) is 0 Å². The van der Waals surface area contributed by atoms with Crippen molar-refractivity contribution in [1.29, 1.82) is 0 Å². The van der Waals surface area contributed by atoms with Crippen molar-refractivity contribution in [1.82, 2.24) is 9.80 Å². The second-order valence-electron chi connectivity index (χ2n) is 9.45. The SMILES string of the molecule is CCN(CC)c1ccc(CN2CCN(C3c4ccccc4CCc4ccccc43)CC2)cc1. The van der Waals surface area contributed by atoms with Crippen LogP contribution in [0.15, 0.2) is 72.8 Å². The zero-order chi connectivity index (χ0) is 22.6. The number of hydrogen-bond acceptors (Lipinski definition) is 3. The Labute approximate surface area is 199 Å². The summed E-state index contributed by atoms with van der Waals surface area (Å²) in [7, 11) is 0. The Kier molecular flexibility index (Phi) is 6.80. The maximum Gasteiger partial charge on any atom is 0.0608 e. The normalized spacial score (nSPS) is 17.3. The molecule has 5 rings (SSSR count). The maximum absolute atomic E-state index is 2.73. The molecule has 0 aromatic heterocycles. The molecule has 1 heterocycles. The van der Waals surface area contributed by atoms with Crippen LogP contribution in [-0.4, -0.2) is 49.1 Å². The van der Waals surface area contributed by atoms with Crippen molar-refractivity contribution in [2.24, 2.45) is 0 Å². The number of anilines is 1. The fourth-order valence-electron chi connectivity index (χ4n) is 5.73. The lowest BCUT2D eigenvalue weighted by Gasteiger charge is -2.40. The van der Waals surface area contributed by atoms with Gasteiger partial charge >= 0.3 is 0 Å². The Morgan fingerprint density at radius 2 is 1.24 bits per heavy atom. The second kappa shape index (κ2) is 10.1. The number of benzene rings is 3. The molecule has 3 heteroatoms. The molecule has 33 heavy (non-hydrogen) atoms. The molecule has 1 aliphatic heterocycles. The van der Waals surface area contributed by atoms with E-state index in [9.17, 15) is 0 Å². The van der Waals surface area contributed by atoms with Gasteiger partial charge in [0.25, 0.3) is 0 Å². The van der Waals surface area contributed by atoms with E-state index < -0.39 is 0 Å². The predicted molar refractivity (Wildman–Crippen MR) is 139 cm³/mol. The van der Waals surface area contributed by atoms with E-state index in [0.717, 1.165) is 58.7 Å². The highest BCUT2D eigenvalue weighted by Crippen LogP contribution is 2.37. The monoisotopic (exact) mass is 439 g/mol.